The van der Waals surface area contributed by atoms with E-state index in [1.165, 1.54) is 11.1 Å². The minimum absolute atomic E-state index is 0.0586. The Bertz CT molecular complexity index is 1330. The van der Waals surface area contributed by atoms with Crippen molar-refractivity contribution in [2.24, 2.45) is 10.9 Å². The summed E-state index contributed by atoms with van der Waals surface area (Å²) in [4.78, 5) is 24.7. The summed E-state index contributed by atoms with van der Waals surface area (Å²) in [5.74, 6) is 2.61. The highest BCUT2D eigenvalue weighted by molar-refractivity contribution is 6.15. The minimum Gasteiger partial charge on any atom is -0.497 e. The van der Waals surface area contributed by atoms with Gasteiger partial charge in [0.2, 0.25) is 5.91 Å². The zero-order valence-corrected chi connectivity index (χ0v) is 23.6. The topological polar surface area (TPSA) is 64.0 Å². The molecule has 1 amide bonds. The van der Waals surface area contributed by atoms with E-state index in [1.54, 1.807) is 14.2 Å². The third-order valence-electron chi connectivity index (χ3n) is 8.11. The Kier molecular flexibility index (Phi) is 9.27. The van der Waals surface area contributed by atoms with Gasteiger partial charge in [-0.1, -0.05) is 30.3 Å². The maximum atomic E-state index is 13.1. The number of aryl methyl sites for hydroxylation is 1. The van der Waals surface area contributed by atoms with E-state index in [0.29, 0.717) is 12.3 Å². The number of rotatable bonds is 11. The zero-order chi connectivity index (χ0) is 27.7. The average Bonchev–Trinajstić information content (AvgIpc) is 3.45. The number of amides is 1. The Labute approximate surface area is 237 Å². The molecule has 208 valence electrons. The summed E-state index contributed by atoms with van der Waals surface area (Å²) in [5.41, 5.74) is 5.57. The van der Waals surface area contributed by atoms with Crippen LogP contribution in [0.4, 0.5) is 0 Å². The lowest BCUT2D eigenvalue weighted by Crippen LogP contribution is -2.38. The second-order valence-corrected chi connectivity index (χ2v) is 10.7. The molecule has 0 spiro atoms. The summed E-state index contributed by atoms with van der Waals surface area (Å²) in [6.07, 6.45) is 10.5. The third-order valence-corrected chi connectivity index (χ3v) is 8.11. The zero-order valence-electron chi connectivity index (χ0n) is 23.6. The van der Waals surface area contributed by atoms with Crippen LogP contribution in [0.15, 0.2) is 84.0 Å². The quantitative estimate of drug-likeness (QED) is 0.284. The molecule has 1 fully saturated rings. The Morgan fingerprint density at radius 1 is 0.900 bits per heavy atom. The van der Waals surface area contributed by atoms with Crippen molar-refractivity contribution in [2.45, 2.75) is 51.0 Å². The van der Waals surface area contributed by atoms with Gasteiger partial charge < -0.3 is 14.4 Å². The molecule has 3 aromatic rings. The molecule has 0 radical (unpaired) electrons. The number of carbonyl (C=O) groups excluding carboxylic acids is 1. The molecule has 40 heavy (non-hydrogen) atoms. The average molecular weight is 538 g/mol. The van der Waals surface area contributed by atoms with Crippen molar-refractivity contribution in [3.63, 3.8) is 0 Å². The largest absolute Gasteiger partial charge is 0.497 e. The molecular formula is C34H39N3O3. The molecule has 6 heteroatoms. The van der Waals surface area contributed by atoms with Crippen LogP contribution in [0.5, 0.6) is 11.5 Å². The number of likely N-dealkylation sites (tertiary alicyclic amines) is 1. The minimum atomic E-state index is 0.0586. The van der Waals surface area contributed by atoms with Gasteiger partial charge in [0.1, 0.15) is 11.5 Å². The molecule has 3 heterocycles. The molecule has 0 bridgehead atoms. The van der Waals surface area contributed by atoms with Gasteiger partial charge in [0.05, 0.1) is 26.0 Å². The fourth-order valence-electron chi connectivity index (χ4n) is 5.71. The first kappa shape index (κ1) is 27.6. The molecular weight excluding hydrogens is 498 g/mol. The first-order valence-corrected chi connectivity index (χ1v) is 14.4. The number of ether oxygens (including phenoxy) is 2. The number of nitrogens with zero attached hydrogens (tertiary/aromatic N) is 3. The first-order valence-electron chi connectivity index (χ1n) is 14.4. The Hall–Kier alpha value is -3.93. The van der Waals surface area contributed by atoms with Crippen molar-refractivity contribution < 1.29 is 14.3 Å². The number of carbonyl (C=O) groups is 1. The lowest BCUT2D eigenvalue weighted by atomic mass is 9.91. The van der Waals surface area contributed by atoms with Crippen molar-refractivity contribution in [1.82, 2.24) is 9.88 Å². The summed E-state index contributed by atoms with van der Waals surface area (Å²) < 4.78 is 10.6. The molecule has 0 aliphatic carbocycles. The first-order chi connectivity index (χ1) is 19.6. The van der Waals surface area contributed by atoms with Crippen molar-refractivity contribution in [1.29, 1.82) is 0 Å². The maximum absolute atomic E-state index is 13.1. The van der Waals surface area contributed by atoms with E-state index < -0.39 is 0 Å². The van der Waals surface area contributed by atoms with Crippen LogP contribution < -0.4 is 9.47 Å². The predicted octanol–water partition coefficient (Wildman–Crippen LogP) is 6.40. The van der Waals surface area contributed by atoms with Crippen LogP contribution in [0.25, 0.3) is 5.57 Å². The van der Waals surface area contributed by atoms with Gasteiger partial charge in [-0.05, 0) is 97.6 Å². The summed E-state index contributed by atoms with van der Waals surface area (Å²) in [5, 5.41) is 0. The van der Waals surface area contributed by atoms with Crippen LogP contribution in [0.1, 0.15) is 55.3 Å². The van der Waals surface area contributed by atoms with Crippen LogP contribution in [0.2, 0.25) is 0 Å². The number of hydrogen-bond donors (Lipinski definition) is 0. The normalized spacial score (nSPS) is 17.4. The SMILES string of the molecule is COc1ccc(C2=NC(CCCC(=O)N3CCC(CCc4cc(OC)ccn4)CC3)C(c3ccccc3)=C2)cc1. The van der Waals surface area contributed by atoms with Crippen LogP contribution in [0.3, 0.4) is 0 Å². The molecule has 0 saturated carbocycles. The van der Waals surface area contributed by atoms with E-state index in [4.69, 9.17) is 14.5 Å². The van der Waals surface area contributed by atoms with E-state index >= 15 is 0 Å². The van der Waals surface area contributed by atoms with Gasteiger partial charge in [-0.2, -0.15) is 0 Å². The van der Waals surface area contributed by atoms with E-state index in [1.807, 2.05) is 36.5 Å². The molecule has 5 rings (SSSR count). The molecule has 2 aliphatic rings. The highest BCUT2D eigenvalue weighted by Gasteiger charge is 2.25. The van der Waals surface area contributed by atoms with Gasteiger partial charge in [-0.15, -0.1) is 0 Å². The van der Waals surface area contributed by atoms with Crippen LogP contribution in [-0.4, -0.2) is 54.9 Å². The Balaban J connectivity index is 1.12. The van der Waals surface area contributed by atoms with Crippen LogP contribution >= 0.6 is 0 Å². The summed E-state index contributed by atoms with van der Waals surface area (Å²) >= 11 is 0. The molecule has 0 N–H and O–H groups in total. The van der Waals surface area contributed by atoms with Gasteiger partial charge in [-0.3, -0.25) is 14.8 Å². The lowest BCUT2D eigenvalue weighted by molar-refractivity contribution is -0.132. The number of benzene rings is 2. The standard InChI is InChI=1S/C34H39N3O3/c1-39-29-15-12-27(13-16-29)33-24-31(26-7-4-3-5-8-26)32(36-33)9-6-10-34(38)37-21-18-25(19-22-37)11-14-28-23-30(40-2)17-20-35-28/h3-5,7-8,12-13,15-17,20,23-25,32H,6,9-11,14,18-19,21-22H2,1-2H3. The maximum Gasteiger partial charge on any atom is 0.222 e. The molecule has 2 aliphatic heterocycles. The second-order valence-electron chi connectivity index (χ2n) is 10.7. The number of aromatic nitrogens is 1. The fourth-order valence-corrected chi connectivity index (χ4v) is 5.71. The molecule has 1 atom stereocenters. The van der Waals surface area contributed by atoms with Crippen molar-refractivity contribution in [3.05, 3.63) is 95.8 Å². The highest BCUT2D eigenvalue weighted by Crippen LogP contribution is 2.31. The molecule has 1 saturated heterocycles. The Morgan fingerprint density at radius 3 is 2.38 bits per heavy atom. The predicted molar refractivity (Wildman–Crippen MR) is 160 cm³/mol. The van der Waals surface area contributed by atoms with Gasteiger partial charge in [0.25, 0.3) is 0 Å². The summed E-state index contributed by atoms with van der Waals surface area (Å²) in [6.45, 7) is 1.71. The number of methoxy groups -OCH3 is 2. The van der Waals surface area contributed by atoms with Gasteiger partial charge in [0, 0.05) is 37.5 Å². The lowest BCUT2D eigenvalue weighted by Gasteiger charge is -2.32. The van der Waals surface area contributed by atoms with E-state index in [9.17, 15) is 4.79 Å². The van der Waals surface area contributed by atoms with E-state index in [-0.39, 0.29) is 11.9 Å². The van der Waals surface area contributed by atoms with Gasteiger partial charge in [0.15, 0.2) is 0 Å². The second kappa shape index (κ2) is 13.4. The summed E-state index contributed by atoms with van der Waals surface area (Å²) in [6, 6.07) is 22.5. The van der Waals surface area contributed by atoms with E-state index in [2.05, 4.69) is 52.4 Å². The van der Waals surface area contributed by atoms with Crippen molar-refractivity contribution in [3.8, 4) is 11.5 Å². The molecule has 1 aromatic heterocycles. The van der Waals surface area contributed by atoms with Crippen LogP contribution in [-0.2, 0) is 11.2 Å². The van der Waals surface area contributed by atoms with E-state index in [0.717, 1.165) is 80.1 Å². The molecule has 6 nitrogen and oxygen atoms in total. The van der Waals surface area contributed by atoms with Crippen LogP contribution in [0, 0.1) is 5.92 Å². The van der Waals surface area contributed by atoms with Crippen molar-refractivity contribution in [2.75, 3.05) is 27.3 Å². The van der Waals surface area contributed by atoms with Crippen molar-refractivity contribution >= 4 is 17.2 Å². The number of allylic oxidation sites excluding steroid dienone is 1. The number of hydrogen-bond acceptors (Lipinski definition) is 5. The number of piperidine rings is 1. The third kappa shape index (κ3) is 6.98. The number of pyridine rings is 1. The highest BCUT2D eigenvalue weighted by atomic mass is 16.5. The Morgan fingerprint density at radius 2 is 1.65 bits per heavy atom. The van der Waals surface area contributed by atoms with Gasteiger partial charge >= 0.3 is 0 Å². The van der Waals surface area contributed by atoms with Gasteiger partial charge in [-0.25, -0.2) is 0 Å². The smallest absolute Gasteiger partial charge is 0.222 e. The number of aliphatic imine (C=N–C) groups is 1. The fraction of sp³-hybridized carbons (Fsp3) is 0.382. The molecule has 1 unspecified atom stereocenters. The molecule has 2 aromatic carbocycles. The monoisotopic (exact) mass is 537 g/mol. The summed E-state index contributed by atoms with van der Waals surface area (Å²) in [7, 11) is 3.36.